The van der Waals surface area contributed by atoms with E-state index in [2.05, 4.69) is 6.07 Å². The van der Waals surface area contributed by atoms with E-state index >= 15 is 0 Å². The number of carbonyl (C=O) groups is 2. The molecule has 1 aliphatic carbocycles. The summed E-state index contributed by atoms with van der Waals surface area (Å²) in [5.74, 6) is -1.03. The maximum absolute atomic E-state index is 12.5. The van der Waals surface area contributed by atoms with E-state index < -0.39 is 5.97 Å². The monoisotopic (exact) mass is 308 g/mol. The first-order valence-electron chi connectivity index (χ1n) is 7.89. The first-order chi connectivity index (χ1) is 11.0. The number of aliphatic carboxylic acids is 1. The second-order valence-electron chi connectivity index (χ2n) is 6.36. The molecule has 0 aromatic heterocycles. The van der Waals surface area contributed by atoms with Crippen LogP contribution in [-0.4, -0.2) is 16.9 Å². The molecule has 2 aromatic carbocycles. The highest BCUT2D eigenvalue weighted by Gasteiger charge is 2.37. The minimum Gasteiger partial charge on any atom is -0.481 e. The van der Waals surface area contributed by atoms with Gasteiger partial charge in [-0.3, -0.25) is 9.59 Å². The van der Waals surface area contributed by atoms with Crippen molar-refractivity contribution in [2.24, 2.45) is 5.92 Å². The van der Waals surface area contributed by atoms with Gasteiger partial charge in [0.1, 0.15) is 0 Å². The predicted molar refractivity (Wildman–Crippen MR) is 88.9 cm³/mol. The summed E-state index contributed by atoms with van der Waals surface area (Å²) in [6, 6.07) is 13.8. The average Bonchev–Trinajstić information content (AvgIpc) is 2.49. The molecule has 0 bridgehead atoms. The zero-order valence-electron chi connectivity index (χ0n) is 13.4. The minimum atomic E-state index is -0.849. The van der Waals surface area contributed by atoms with Crippen LogP contribution in [0.15, 0.2) is 42.5 Å². The molecule has 0 aliphatic heterocycles. The second-order valence-corrected chi connectivity index (χ2v) is 6.36. The molecule has 118 valence electrons. The van der Waals surface area contributed by atoms with Crippen molar-refractivity contribution in [1.29, 1.82) is 0 Å². The Balaban J connectivity index is 2.22. The van der Waals surface area contributed by atoms with E-state index in [1.54, 1.807) is 0 Å². The van der Waals surface area contributed by atoms with E-state index in [0.29, 0.717) is 6.42 Å². The Morgan fingerprint density at radius 3 is 2.48 bits per heavy atom. The molecule has 3 heteroatoms. The lowest BCUT2D eigenvalue weighted by Gasteiger charge is -2.34. The van der Waals surface area contributed by atoms with E-state index in [-0.39, 0.29) is 24.0 Å². The van der Waals surface area contributed by atoms with Gasteiger partial charge < -0.3 is 5.11 Å². The lowest BCUT2D eigenvalue weighted by molar-refractivity contribution is -0.138. The summed E-state index contributed by atoms with van der Waals surface area (Å²) in [7, 11) is 0. The first kappa shape index (κ1) is 15.5. The number of Topliss-reactive ketones (excluding diaryl/α,β-unsaturated/α-hetero) is 1. The Morgan fingerprint density at radius 1 is 1.09 bits per heavy atom. The quantitative estimate of drug-likeness (QED) is 0.928. The Labute approximate surface area is 136 Å². The highest BCUT2D eigenvalue weighted by Crippen LogP contribution is 2.44. The van der Waals surface area contributed by atoms with Gasteiger partial charge in [0.25, 0.3) is 0 Å². The van der Waals surface area contributed by atoms with E-state index in [9.17, 15) is 14.7 Å². The van der Waals surface area contributed by atoms with Crippen molar-refractivity contribution in [3.63, 3.8) is 0 Å². The van der Waals surface area contributed by atoms with Crippen LogP contribution in [0.25, 0.3) is 0 Å². The van der Waals surface area contributed by atoms with Gasteiger partial charge in [0.2, 0.25) is 0 Å². The topological polar surface area (TPSA) is 54.4 Å². The van der Waals surface area contributed by atoms with Crippen molar-refractivity contribution in [3.05, 3.63) is 70.3 Å². The number of aryl methyl sites for hydroxylation is 2. The van der Waals surface area contributed by atoms with Crippen LogP contribution >= 0.6 is 0 Å². The average molecular weight is 308 g/mol. The molecule has 0 unspecified atom stereocenters. The zero-order valence-corrected chi connectivity index (χ0v) is 13.4. The highest BCUT2D eigenvalue weighted by atomic mass is 16.4. The summed E-state index contributed by atoms with van der Waals surface area (Å²) < 4.78 is 0. The lowest BCUT2D eigenvalue weighted by atomic mass is 9.68. The number of rotatable bonds is 3. The number of carboxylic acids is 1. The van der Waals surface area contributed by atoms with Crippen LogP contribution in [0, 0.1) is 19.8 Å². The molecule has 3 rings (SSSR count). The van der Waals surface area contributed by atoms with Crippen LogP contribution in [0.2, 0.25) is 0 Å². The predicted octanol–water partition coefficient (Wildman–Crippen LogP) is 4.11. The summed E-state index contributed by atoms with van der Waals surface area (Å²) in [6.45, 7) is 4.04. The fraction of sp³-hybridized carbons (Fsp3) is 0.300. The van der Waals surface area contributed by atoms with Crippen LogP contribution in [-0.2, 0) is 4.79 Å². The van der Waals surface area contributed by atoms with Gasteiger partial charge in [0.05, 0.1) is 0 Å². The molecule has 0 heterocycles. The molecule has 0 fully saturated rings. The van der Waals surface area contributed by atoms with Gasteiger partial charge in [-0.25, -0.2) is 0 Å². The molecule has 0 spiro atoms. The summed E-state index contributed by atoms with van der Waals surface area (Å²) >= 11 is 0. The van der Waals surface area contributed by atoms with Gasteiger partial charge in [0.15, 0.2) is 5.78 Å². The van der Waals surface area contributed by atoms with Crippen molar-refractivity contribution < 1.29 is 14.7 Å². The Kier molecular flexibility index (Phi) is 4.03. The summed E-state index contributed by atoms with van der Waals surface area (Å²) in [5.41, 5.74) is 5.07. The van der Waals surface area contributed by atoms with Crippen molar-refractivity contribution in [2.45, 2.75) is 32.6 Å². The van der Waals surface area contributed by atoms with Gasteiger partial charge >= 0.3 is 5.97 Å². The molecule has 2 aromatic rings. The molecule has 0 saturated carbocycles. The Morgan fingerprint density at radius 2 is 1.78 bits per heavy atom. The number of fused-ring (bicyclic) bond motifs is 1. The second kappa shape index (κ2) is 5.99. The van der Waals surface area contributed by atoms with Crippen molar-refractivity contribution in [3.8, 4) is 0 Å². The van der Waals surface area contributed by atoms with Crippen LogP contribution in [0.5, 0.6) is 0 Å². The van der Waals surface area contributed by atoms with Gasteiger partial charge in [-0.05, 0) is 42.0 Å². The summed E-state index contributed by atoms with van der Waals surface area (Å²) in [6.07, 6.45) is 0.306. The number of hydrogen-bond donors (Lipinski definition) is 1. The Hall–Kier alpha value is -2.42. The van der Waals surface area contributed by atoms with Crippen LogP contribution in [0.1, 0.15) is 51.4 Å². The normalized spacial score (nSPS) is 20.2. The first-order valence-corrected chi connectivity index (χ1v) is 7.89. The van der Waals surface area contributed by atoms with Crippen LogP contribution < -0.4 is 0 Å². The highest BCUT2D eigenvalue weighted by molar-refractivity contribution is 6.00. The standard InChI is InChI=1S/C20H20O3/c1-12-6-3-4-8-15(12)20-14(11-18(22)23)10-17(21)16-9-5-7-13(2)19(16)20/h3-9,14,20H,10-11H2,1-2H3,(H,22,23)/t14-,20-/m0/s1. The number of benzene rings is 2. The summed E-state index contributed by atoms with van der Waals surface area (Å²) in [5, 5.41) is 9.29. The molecule has 0 radical (unpaired) electrons. The third kappa shape index (κ3) is 2.79. The van der Waals surface area contributed by atoms with Gasteiger partial charge in [0, 0.05) is 24.3 Å². The molecular weight excluding hydrogens is 288 g/mol. The third-order valence-electron chi connectivity index (χ3n) is 4.81. The molecule has 3 nitrogen and oxygen atoms in total. The van der Waals surface area contributed by atoms with Gasteiger partial charge in [-0.1, -0.05) is 42.5 Å². The van der Waals surface area contributed by atoms with Gasteiger partial charge in [-0.15, -0.1) is 0 Å². The fourth-order valence-electron chi connectivity index (χ4n) is 3.80. The zero-order chi connectivity index (χ0) is 16.6. The maximum Gasteiger partial charge on any atom is 0.303 e. The van der Waals surface area contributed by atoms with E-state index in [0.717, 1.165) is 27.8 Å². The molecule has 1 N–H and O–H groups in total. The summed E-state index contributed by atoms with van der Waals surface area (Å²) in [4.78, 5) is 23.8. The van der Waals surface area contributed by atoms with Crippen LogP contribution in [0.3, 0.4) is 0 Å². The number of carboxylic acid groups (broad SMARTS) is 1. The largest absolute Gasteiger partial charge is 0.481 e. The number of carbonyl (C=O) groups excluding carboxylic acids is 1. The van der Waals surface area contributed by atoms with E-state index in [1.807, 2.05) is 50.2 Å². The smallest absolute Gasteiger partial charge is 0.303 e. The molecular formula is C20H20O3. The SMILES string of the molecule is Cc1ccccc1[C@H]1c2c(C)cccc2C(=O)C[C@H]1CC(=O)O. The van der Waals surface area contributed by atoms with Crippen molar-refractivity contribution in [2.75, 3.05) is 0 Å². The third-order valence-corrected chi connectivity index (χ3v) is 4.81. The lowest BCUT2D eigenvalue weighted by Crippen LogP contribution is -2.29. The molecule has 23 heavy (non-hydrogen) atoms. The number of hydrogen-bond acceptors (Lipinski definition) is 2. The van der Waals surface area contributed by atoms with E-state index in [4.69, 9.17) is 0 Å². The maximum atomic E-state index is 12.5. The molecule has 2 atom stereocenters. The van der Waals surface area contributed by atoms with Gasteiger partial charge in [-0.2, -0.15) is 0 Å². The van der Waals surface area contributed by atoms with Crippen molar-refractivity contribution in [1.82, 2.24) is 0 Å². The van der Waals surface area contributed by atoms with E-state index in [1.165, 1.54) is 0 Å². The number of ketones is 1. The Bertz CT molecular complexity index is 776. The van der Waals surface area contributed by atoms with Crippen molar-refractivity contribution >= 4 is 11.8 Å². The molecule has 1 aliphatic rings. The van der Waals surface area contributed by atoms with Crippen LogP contribution in [0.4, 0.5) is 0 Å². The fourth-order valence-corrected chi connectivity index (χ4v) is 3.80. The molecule has 0 amide bonds. The minimum absolute atomic E-state index is 0.0124. The molecule has 0 saturated heterocycles.